The van der Waals surface area contributed by atoms with E-state index in [0.717, 1.165) is 77.0 Å². The monoisotopic (exact) mass is 1090 g/mol. The quantitative estimate of drug-likeness (QED) is 0.0261. The third-order valence-electron chi connectivity index (χ3n) is 15.3. The van der Waals surface area contributed by atoms with E-state index in [1.54, 1.807) is 0 Å². The Morgan fingerprint density at radius 3 is 0.769 bits per heavy atom. The van der Waals surface area contributed by atoms with E-state index in [4.69, 9.17) is 14.2 Å². The zero-order valence-corrected chi connectivity index (χ0v) is 52.2. The molecule has 78 heavy (non-hydrogen) atoms. The van der Waals surface area contributed by atoms with Gasteiger partial charge in [-0.1, -0.05) is 345 Å². The molecule has 0 saturated carbocycles. The molecule has 6 nitrogen and oxygen atoms in total. The lowest BCUT2D eigenvalue weighted by Crippen LogP contribution is -2.30. The van der Waals surface area contributed by atoms with Crippen LogP contribution in [-0.2, 0) is 28.6 Å². The first-order valence-corrected chi connectivity index (χ1v) is 34.3. The Kier molecular flexibility index (Phi) is 64.2. The molecule has 0 aromatic rings. The number of hydrogen-bond acceptors (Lipinski definition) is 6. The van der Waals surface area contributed by atoms with Crippen LogP contribution in [0.5, 0.6) is 0 Å². The van der Waals surface area contributed by atoms with Crippen molar-refractivity contribution >= 4 is 17.9 Å². The van der Waals surface area contributed by atoms with Crippen LogP contribution in [-0.4, -0.2) is 37.2 Å². The number of hydrogen-bond donors (Lipinski definition) is 0. The molecule has 0 rings (SSSR count). The summed E-state index contributed by atoms with van der Waals surface area (Å²) in [5.41, 5.74) is 0. The average Bonchev–Trinajstić information content (AvgIpc) is 3.44. The molecule has 0 aliphatic carbocycles. The molecule has 1 unspecified atom stereocenters. The normalized spacial score (nSPS) is 12.4. The molecule has 0 aromatic carbocycles. The number of unbranched alkanes of at least 4 members (excludes halogenated alkanes) is 42. The van der Waals surface area contributed by atoms with Crippen molar-refractivity contribution in [3.63, 3.8) is 0 Å². The van der Waals surface area contributed by atoms with Crippen molar-refractivity contribution in [3.05, 3.63) is 60.8 Å². The molecule has 454 valence electrons. The lowest BCUT2D eigenvalue weighted by molar-refractivity contribution is -0.167. The van der Waals surface area contributed by atoms with E-state index in [9.17, 15) is 14.4 Å². The molecular formula is C72H130O6. The van der Waals surface area contributed by atoms with Gasteiger partial charge in [-0.15, -0.1) is 0 Å². The summed E-state index contributed by atoms with van der Waals surface area (Å²) >= 11 is 0. The fraction of sp³-hybridized carbons (Fsp3) is 0.819. The van der Waals surface area contributed by atoms with Gasteiger partial charge in [-0.05, 0) is 57.8 Å². The SMILES string of the molecule is CC/C=C\C/C=C\C/C=C\C/C=C\C/C=C\CCCC(=O)OC(COC(=O)CCCCCCCCCCCC)COC(=O)CCCCCCCCCCCCCCCCCCCCCCCCCCCCCCCCCCC. The third kappa shape index (κ3) is 63.9. The van der Waals surface area contributed by atoms with Gasteiger partial charge in [0.15, 0.2) is 6.10 Å². The van der Waals surface area contributed by atoms with Crippen LogP contribution in [0.1, 0.15) is 361 Å². The highest BCUT2D eigenvalue weighted by Crippen LogP contribution is 2.18. The van der Waals surface area contributed by atoms with E-state index < -0.39 is 6.10 Å². The maximum absolute atomic E-state index is 12.8. The summed E-state index contributed by atoms with van der Waals surface area (Å²) in [6.07, 6.45) is 85.7. The molecule has 0 aliphatic rings. The molecule has 0 aromatic heterocycles. The number of rotatable bonds is 63. The predicted octanol–water partition coefficient (Wildman–Crippen LogP) is 23.5. The van der Waals surface area contributed by atoms with Gasteiger partial charge in [0.2, 0.25) is 0 Å². The van der Waals surface area contributed by atoms with Crippen LogP contribution < -0.4 is 0 Å². The lowest BCUT2D eigenvalue weighted by atomic mass is 10.0. The first-order valence-electron chi connectivity index (χ1n) is 34.3. The third-order valence-corrected chi connectivity index (χ3v) is 15.3. The van der Waals surface area contributed by atoms with Crippen LogP contribution in [0.3, 0.4) is 0 Å². The van der Waals surface area contributed by atoms with Crippen LogP contribution in [0.25, 0.3) is 0 Å². The molecule has 0 heterocycles. The Balaban J connectivity index is 4.08. The molecule has 0 fully saturated rings. The number of ether oxygens (including phenoxy) is 3. The van der Waals surface area contributed by atoms with Crippen molar-refractivity contribution < 1.29 is 28.6 Å². The molecule has 0 aliphatic heterocycles. The van der Waals surface area contributed by atoms with E-state index in [1.165, 1.54) is 238 Å². The minimum atomic E-state index is -0.801. The Morgan fingerprint density at radius 1 is 0.269 bits per heavy atom. The van der Waals surface area contributed by atoms with Crippen molar-refractivity contribution in [1.29, 1.82) is 0 Å². The van der Waals surface area contributed by atoms with Gasteiger partial charge in [0.25, 0.3) is 0 Å². The van der Waals surface area contributed by atoms with E-state index in [0.29, 0.717) is 19.3 Å². The van der Waals surface area contributed by atoms with Gasteiger partial charge >= 0.3 is 17.9 Å². The molecule has 0 amide bonds. The Bertz CT molecular complexity index is 1390. The molecule has 0 N–H and O–H groups in total. The summed E-state index contributed by atoms with van der Waals surface area (Å²) in [6.45, 7) is 6.51. The van der Waals surface area contributed by atoms with Crippen LogP contribution in [0.2, 0.25) is 0 Å². The van der Waals surface area contributed by atoms with Crippen molar-refractivity contribution in [3.8, 4) is 0 Å². The van der Waals surface area contributed by atoms with Crippen molar-refractivity contribution in [2.75, 3.05) is 13.2 Å². The smallest absolute Gasteiger partial charge is 0.306 e. The second-order valence-electron chi connectivity index (χ2n) is 23.1. The van der Waals surface area contributed by atoms with Gasteiger partial charge in [0.05, 0.1) is 0 Å². The van der Waals surface area contributed by atoms with E-state index in [1.807, 2.05) is 0 Å². The average molecular weight is 1090 g/mol. The maximum atomic E-state index is 12.8. The molecule has 0 saturated heterocycles. The van der Waals surface area contributed by atoms with Gasteiger partial charge in [0.1, 0.15) is 13.2 Å². The summed E-state index contributed by atoms with van der Waals surface area (Å²) in [5, 5.41) is 0. The number of carbonyl (C=O) groups is 3. The molecule has 0 spiro atoms. The number of allylic oxidation sites excluding steroid dienone is 10. The number of carbonyl (C=O) groups excluding carboxylic acids is 3. The zero-order valence-electron chi connectivity index (χ0n) is 52.2. The van der Waals surface area contributed by atoms with Gasteiger partial charge in [-0.2, -0.15) is 0 Å². The maximum Gasteiger partial charge on any atom is 0.306 e. The van der Waals surface area contributed by atoms with Crippen LogP contribution in [0.15, 0.2) is 60.8 Å². The fourth-order valence-corrected chi connectivity index (χ4v) is 10.2. The number of esters is 3. The topological polar surface area (TPSA) is 78.9 Å². The van der Waals surface area contributed by atoms with E-state index in [2.05, 4.69) is 81.5 Å². The minimum absolute atomic E-state index is 0.0927. The molecular weight excluding hydrogens is 961 g/mol. The Morgan fingerprint density at radius 2 is 0.500 bits per heavy atom. The van der Waals surface area contributed by atoms with E-state index in [-0.39, 0.29) is 37.5 Å². The standard InChI is InChI=1S/C72H130O6/c1-4-7-10-13-16-19-22-24-26-28-29-30-31-32-33-34-35-36-37-38-39-40-41-42-43-45-46-48-50-53-56-59-62-65-71(74)77-68-69(67-76-70(73)64-61-58-55-52-21-18-15-12-9-6-3)78-72(75)66-63-60-57-54-51-49-47-44-27-25-23-20-17-14-11-8-5-2/h8,11,17,20,25,27,47,49,54,57,69H,4-7,9-10,12-16,18-19,21-24,26,28-46,48,50-53,55-56,58-68H2,1-3H3/b11-8-,20-17-,27-25-,49-47-,57-54-. The van der Waals surface area contributed by atoms with Crippen molar-refractivity contribution in [1.82, 2.24) is 0 Å². The highest BCUT2D eigenvalue weighted by atomic mass is 16.6. The minimum Gasteiger partial charge on any atom is -0.462 e. The summed E-state index contributed by atoms with van der Waals surface area (Å²) < 4.78 is 16.8. The highest BCUT2D eigenvalue weighted by Gasteiger charge is 2.19. The van der Waals surface area contributed by atoms with Gasteiger partial charge < -0.3 is 14.2 Å². The van der Waals surface area contributed by atoms with Gasteiger partial charge in [0, 0.05) is 19.3 Å². The fourth-order valence-electron chi connectivity index (χ4n) is 10.2. The first kappa shape index (κ1) is 75.1. The van der Waals surface area contributed by atoms with Crippen LogP contribution in [0.4, 0.5) is 0 Å². The predicted molar refractivity (Wildman–Crippen MR) is 339 cm³/mol. The summed E-state index contributed by atoms with van der Waals surface area (Å²) in [5.74, 6) is -0.936. The summed E-state index contributed by atoms with van der Waals surface area (Å²) in [4.78, 5) is 38.2. The summed E-state index contributed by atoms with van der Waals surface area (Å²) in [7, 11) is 0. The first-order chi connectivity index (χ1) is 38.5. The van der Waals surface area contributed by atoms with E-state index >= 15 is 0 Å². The molecule has 0 bridgehead atoms. The van der Waals surface area contributed by atoms with Gasteiger partial charge in [-0.25, -0.2) is 0 Å². The summed E-state index contributed by atoms with van der Waals surface area (Å²) in [6, 6.07) is 0. The second-order valence-corrected chi connectivity index (χ2v) is 23.1. The van der Waals surface area contributed by atoms with Crippen LogP contribution >= 0.6 is 0 Å². The highest BCUT2D eigenvalue weighted by molar-refractivity contribution is 5.71. The Labute approximate surface area is 485 Å². The second kappa shape index (κ2) is 66.6. The molecule has 6 heteroatoms. The largest absolute Gasteiger partial charge is 0.462 e. The molecule has 0 radical (unpaired) electrons. The van der Waals surface area contributed by atoms with Crippen molar-refractivity contribution in [2.24, 2.45) is 0 Å². The van der Waals surface area contributed by atoms with Crippen LogP contribution in [0, 0.1) is 0 Å². The molecule has 1 atom stereocenters. The lowest BCUT2D eigenvalue weighted by Gasteiger charge is -2.18. The zero-order chi connectivity index (χ0) is 56.4. The van der Waals surface area contributed by atoms with Gasteiger partial charge in [-0.3, -0.25) is 14.4 Å². The Hall–Kier alpha value is -2.89. The van der Waals surface area contributed by atoms with Crippen molar-refractivity contribution in [2.45, 2.75) is 367 Å².